The first kappa shape index (κ1) is 9.74. The lowest BCUT2D eigenvalue weighted by molar-refractivity contribution is 0.0696. The van der Waals surface area contributed by atoms with Gasteiger partial charge >= 0.3 is 5.97 Å². The Balaban J connectivity index is 3.05. The topological polar surface area (TPSA) is 50.2 Å². The SMILES string of the molecule is O=C(O)c1ccncc1C=CCCl. The number of carboxylic acids is 1. The van der Waals surface area contributed by atoms with Crippen molar-refractivity contribution < 1.29 is 9.90 Å². The Bertz CT molecular complexity index is 336. The van der Waals surface area contributed by atoms with Crippen LogP contribution in [0.15, 0.2) is 24.5 Å². The van der Waals surface area contributed by atoms with Crippen LogP contribution in [0.3, 0.4) is 0 Å². The molecule has 1 heterocycles. The van der Waals surface area contributed by atoms with Crippen LogP contribution in [0, 0.1) is 0 Å². The van der Waals surface area contributed by atoms with Crippen LogP contribution in [0.5, 0.6) is 0 Å². The number of allylic oxidation sites excluding steroid dienone is 1. The number of carboxylic acid groups (broad SMARTS) is 1. The molecule has 0 unspecified atom stereocenters. The Morgan fingerprint density at radius 1 is 1.69 bits per heavy atom. The maximum absolute atomic E-state index is 10.7. The molecule has 0 saturated carbocycles. The van der Waals surface area contributed by atoms with Crippen LogP contribution in [0.2, 0.25) is 0 Å². The second-order valence-electron chi connectivity index (χ2n) is 2.32. The number of aromatic carboxylic acids is 1. The molecule has 0 aliphatic rings. The van der Waals surface area contributed by atoms with Gasteiger partial charge < -0.3 is 5.11 Å². The number of pyridine rings is 1. The molecule has 0 fully saturated rings. The van der Waals surface area contributed by atoms with Gasteiger partial charge in [0.2, 0.25) is 0 Å². The summed E-state index contributed by atoms with van der Waals surface area (Å²) < 4.78 is 0. The van der Waals surface area contributed by atoms with Gasteiger partial charge in [-0.05, 0) is 6.07 Å². The molecule has 0 radical (unpaired) electrons. The minimum Gasteiger partial charge on any atom is -0.478 e. The number of carbonyl (C=O) groups is 1. The molecule has 0 aliphatic carbocycles. The van der Waals surface area contributed by atoms with Gasteiger partial charge in [-0.3, -0.25) is 4.98 Å². The summed E-state index contributed by atoms with van der Waals surface area (Å²) in [5.74, 6) is -0.606. The lowest BCUT2D eigenvalue weighted by Crippen LogP contribution is -1.99. The predicted molar refractivity (Wildman–Crippen MR) is 51.0 cm³/mol. The molecule has 3 nitrogen and oxygen atoms in total. The van der Waals surface area contributed by atoms with Crippen molar-refractivity contribution >= 4 is 23.6 Å². The molecule has 1 rings (SSSR count). The van der Waals surface area contributed by atoms with Gasteiger partial charge in [-0.15, -0.1) is 11.6 Å². The lowest BCUT2D eigenvalue weighted by atomic mass is 10.1. The zero-order chi connectivity index (χ0) is 9.68. The highest BCUT2D eigenvalue weighted by Gasteiger charge is 2.05. The minimum atomic E-state index is -0.961. The Labute approximate surface area is 80.7 Å². The van der Waals surface area contributed by atoms with Gasteiger partial charge in [0.1, 0.15) is 0 Å². The average Bonchev–Trinajstić information content (AvgIpc) is 2.15. The van der Waals surface area contributed by atoms with E-state index in [4.69, 9.17) is 16.7 Å². The van der Waals surface area contributed by atoms with E-state index < -0.39 is 5.97 Å². The number of aromatic nitrogens is 1. The van der Waals surface area contributed by atoms with Crippen LogP contribution in [-0.4, -0.2) is 21.9 Å². The molecule has 1 N–H and O–H groups in total. The number of alkyl halides is 1. The summed E-state index contributed by atoms with van der Waals surface area (Å²) in [4.78, 5) is 14.5. The molecule has 68 valence electrons. The van der Waals surface area contributed by atoms with Gasteiger partial charge in [-0.1, -0.05) is 12.2 Å². The molecule has 13 heavy (non-hydrogen) atoms. The average molecular weight is 198 g/mol. The molecule has 0 aromatic carbocycles. The van der Waals surface area contributed by atoms with Crippen molar-refractivity contribution in [3.8, 4) is 0 Å². The molecule has 0 spiro atoms. The molecule has 0 saturated heterocycles. The zero-order valence-electron chi connectivity index (χ0n) is 6.77. The molecule has 4 heteroatoms. The summed E-state index contributed by atoms with van der Waals surface area (Å²) in [5, 5.41) is 8.77. The van der Waals surface area contributed by atoms with Crippen LogP contribution in [0.1, 0.15) is 15.9 Å². The van der Waals surface area contributed by atoms with Gasteiger partial charge in [0.25, 0.3) is 0 Å². The Morgan fingerprint density at radius 2 is 2.46 bits per heavy atom. The summed E-state index contributed by atoms with van der Waals surface area (Å²) in [5.41, 5.74) is 0.798. The third-order valence-corrected chi connectivity index (χ3v) is 1.65. The zero-order valence-corrected chi connectivity index (χ0v) is 7.53. The third-order valence-electron chi connectivity index (χ3n) is 1.47. The number of halogens is 1. The van der Waals surface area contributed by atoms with Crippen LogP contribution in [-0.2, 0) is 0 Å². The maximum Gasteiger partial charge on any atom is 0.336 e. The number of hydrogen-bond acceptors (Lipinski definition) is 2. The summed E-state index contributed by atoms with van der Waals surface area (Å²) in [6.45, 7) is 0. The molecule has 1 aromatic heterocycles. The second-order valence-corrected chi connectivity index (χ2v) is 2.63. The van der Waals surface area contributed by atoms with Crippen molar-refractivity contribution in [2.24, 2.45) is 0 Å². The van der Waals surface area contributed by atoms with Crippen molar-refractivity contribution in [1.82, 2.24) is 4.98 Å². The van der Waals surface area contributed by atoms with Crippen molar-refractivity contribution in [2.75, 3.05) is 5.88 Å². The van der Waals surface area contributed by atoms with E-state index in [2.05, 4.69) is 4.98 Å². The van der Waals surface area contributed by atoms with E-state index in [0.29, 0.717) is 11.4 Å². The van der Waals surface area contributed by atoms with E-state index >= 15 is 0 Å². The van der Waals surface area contributed by atoms with Crippen molar-refractivity contribution in [2.45, 2.75) is 0 Å². The lowest BCUT2D eigenvalue weighted by Gasteiger charge is -1.98. The van der Waals surface area contributed by atoms with Gasteiger partial charge in [0, 0.05) is 23.8 Å². The molecule has 0 amide bonds. The summed E-state index contributed by atoms with van der Waals surface area (Å²) >= 11 is 5.43. The Hall–Kier alpha value is -1.35. The molecular formula is C9H8ClNO2. The standard InChI is InChI=1S/C9H8ClNO2/c10-4-1-2-7-6-11-5-3-8(7)9(12)13/h1-3,5-6H,4H2,(H,12,13). The van der Waals surface area contributed by atoms with Crippen LogP contribution < -0.4 is 0 Å². The molecule has 0 atom stereocenters. The van der Waals surface area contributed by atoms with Gasteiger partial charge in [-0.2, -0.15) is 0 Å². The highest BCUT2D eigenvalue weighted by molar-refractivity contribution is 6.19. The van der Waals surface area contributed by atoms with Gasteiger partial charge in [0.15, 0.2) is 0 Å². The first-order valence-corrected chi connectivity index (χ1v) is 4.19. The van der Waals surface area contributed by atoms with Crippen LogP contribution in [0.25, 0.3) is 6.08 Å². The number of hydrogen-bond donors (Lipinski definition) is 1. The predicted octanol–water partition coefficient (Wildman–Crippen LogP) is 2.03. The number of rotatable bonds is 3. The first-order chi connectivity index (χ1) is 6.25. The smallest absolute Gasteiger partial charge is 0.336 e. The first-order valence-electron chi connectivity index (χ1n) is 3.65. The monoisotopic (exact) mass is 197 g/mol. The van der Waals surface area contributed by atoms with E-state index in [1.165, 1.54) is 18.5 Å². The van der Waals surface area contributed by atoms with Crippen LogP contribution in [0.4, 0.5) is 0 Å². The highest BCUT2D eigenvalue weighted by atomic mass is 35.5. The van der Waals surface area contributed by atoms with Crippen LogP contribution >= 0.6 is 11.6 Å². The van der Waals surface area contributed by atoms with E-state index in [1.54, 1.807) is 12.2 Å². The summed E-state index contributed by atoms with van der Waals surface area (Å²) in [6.07, 6.45) is 6.25. The summed E-state index contributed by atoms with van der Waals surface area (Å²) in [6, 6.07) is 1.45. The van der Waals surface area contributed by atoms with Gasteiger partial charge in [0.05, 0.1) is 5.56 Å². The minimum absolute atomic E-state index is 0.233. The fourth-order valence-corrected chi connectivity index (χ4v) is 0.995. The summed E-state index contributed by atoms with van der Waals surface area (Å²) in [7, 11) is 0. The van der Waals surface area contributed by atoms with Crippen molar-refractivity contribution in [3.63, 3.8) is 0 Å². The Morgan fingerprint density at radius 3 is 3.08 bits per heavy atom. The highest BCUT2D eigenvalue weighted by Crippen LogP contribution is 2.08. The fraction of sp³-hybridized carbons (Fsp3) is 0.111. The fourth-order valence-electron chi connectivity index (χ4n) is 0.906. The van der Waals surface area contributed by atoms with E-state index in [1.807, 2.05) is 0 Å². The van der Waals surface area contributed by atoms with Crippen molar-refractivity contribution in [1.29, 1.82) is 0 Å². The largest absolute Gasteiger partial charge is 0.478 e. The second kappa shape index (κ2) is 4.62. The Kier molecular flexibility index (Phi) is 3.46. The van der Waals surface area contributed by atoms with Crippen molar-refractivity contribution in [3.05, 3.63) is 35.7 Å². The molecule has 0 bridgehead atoms. The van der Waals surface area contributed by atoms with E-state index in [9.17, 15) is 4.79 Å². The molecule has 0 aliphatic heterocycles. The maximum atomic E-state index is 10.7. The normalized spacial score (nSPS) is 10.5. The molecular weight excluding hydrogens is 190 g/mol. The van der Waals surface area contributed by atoms with E-state index in [0.717, 1.165) is 0 Å². The molecule has 1 aromatic rings. The quantitative estimate of drug-likeness (QED) is 0.755. The third kappa shape index (κ3) is 2.56. The number of nitrogens with zero attached hydrogens (tertiary/aromatic N) is 1. The van der Waals surface area contributed by atoms with E-state index in [-0.39, 0.29) is 5.56 Å². The van der Waals surface area contributed by atoms with Gasteiger partial charge in [-0.25, -0.2) is 4.79 Å².